The summed E-state index contributed by atoms with van der Waals surface area (Å²) in [4.78, 5) is 26.7. The standard InChI is InChI=1S/C24H31N3O2/c1-19(28)26-23(20-10-4-2-5-11-20)16-24(29)25-17-21-12-6-7-13-22(21)18-27-14-8-3-9-15-27/h2,4-7,10-13,23H,3,8-9,14-18H2,1H3,(H,25,29)(H,26,28)/t23-/m1/s1. The number of rotatable bonds is 8. The minimum Gasteiger partial charge on any atom is -0.352 e. The van der Waals surface area contributed by atoms with E-state index >= 15 is 0 Å². The molecule has 2 aromatic carbocycles. The molecule has 0 aromatic heterocycles. The Morgan fingerprint density at radius 2 is 1.59 bits per heavy atom. The van der Waals surface area contributed by atoms with Crippen LogP contribution in [0, 0.1) is 0 Å². The molecule has 29 heavy (non-hydrogen) atoms. The molecule has 2 amide bonds. The summed E-state index contributed by atoms with van der Waals surface area (Å²) in [6.07, 6.45) is 4.08. The fourth-order valence-corrected chi connectivity index (χ4v) is 3.88. The van der Waals surface area contributed by atoms with Crippen LogP contribution in [-0.2, 0) is 22.7 Å². The largest absolute Gasteiger partial charge is 0.352 e. The Balaban J connectivity index is 1.58. The molecule has 1 fully saturated rings. The van der Waals surface area contributed by atoms with E-state index in [1.54, 1.807) is 0 Å². The molecular weight excluding hydrogens is 362 g/mol. The van der Waals surface area contributed by atoms with Gasteiger partial charge in [-0.15, -0.1) is 0 Å². The first-order chi connectivity index (χ1) is 14.1. The minimum absolute atomic E-state index is 0.0691. The molecular formula is C24H31N3O2. The van der Waals surface area contributed by atoms with Crippen molar-refractivity contribution < 1.29 is 9.59 Å². The predicted octanol–water partition coefficient (Wildman–Crippen LogP) is 3.56. The maximum Gasteiger partial charge on any atom is 0.222 e. The first-order valence-electron chi connectivity index (χ1n) is 10.5. The van der Waals surface area contributed by atoms with Gasteiger partial charge in [0.05, 0.1) is 12.5 Å². The predicted molar refractivity (Wildman–Crippen MR) is 115 cm³/mol. The number of likely N-dealkylation sites (tertiary alicyclic amines) is 1. The van der Waals surface area contributed by atoms with Gasteiger partial charge in [-0.05, 0) is 42.6 Å². The zero-order valence-electron chi connectivity index (χ0n) is 17.2. The van der Waals surface area contributed by atoms with Crippen LogP contribution < -0.4 is 10.6 Å². The molecule has 2 aromatic rings. The molecule has 154 valence electrons. The van der Waals surface area contributed by atoms with E-state index in [1.165, 1.54) is 31.7 Å². The lowest BCUT2D eigenvalue weighted by atomic mass is 10.0. The molecule has 5 nitrogen and oxygen atoms in total. The number of hydrogen-bond acceptors (Lipinski definition) is 3. The van der Waals surface area contributed by atoms with Gasteiger partial charge >= 0.3 is 0 Å². The van der Waals surface area contributed by atoms with E-state index < -0.39 is 0 Å². The molecule has 0 spiro atoms. The lowest BCUT2D eigenvalue weighted by molar-refractivity contribution is -0.122. The van der Waals surface area contributed by atoms with E-state index in [9.17, 15) is 9.59 Å². The number of carbonyl (C=O) groups is 2. The summed E-state index contributed by atoms with van der Waals surface area (Å²) in [6, 6.07) is 17.6. The highest BCUT2D eigenvalue weighted by molar-refractivity contribution is 5.79. The Kier molecular flexibility index (Phi) is 7.82. The van der Waals surface area contributed by atoms with Gasteiger partial charge in [0.1, 0.15) is 0 Å². The van der Waals surface area contributed by atoms with E-state index in [0.29, 0.717) is 6.54 Å². The molecule has 0 aliphatic carbocycles. The van der Waals surface area contributed by atoms with Crippen molar-refractivity contribution >= 4 is 11.8 Å². The number of nitrogens with zero attached hydrogens (tertiary/aromatic N) is 1. The van der Waals surface area contributed by atoms with Crippen LogP contribution in [0.4, 0.5) is 0 Å². The van der Waals surface area contributed by atoms with Crippen LogP contribution in [0.25, 0.3) is 0 Å². The molecule has 1 aliphatic heterocycles. The number of piperidine rings is 1. The third-order valence-corrected chi connectivity index (χ3v) is 5.41. The smallest absolute Gasteiger partial charge is 0.222 e. The van der Waals surface area contributed by atoms with Crippen LogP contribution in [0.15, 0.2) is 54.6 Å². The topological polar surface area (TPSA) is 61.4 Å². The van der Waals surface area contributed by atoms with Crippen molar-refractivity contribution in [1.29, 1.82) is 0 Å². The average Bonchev–Trinajstić information content (AvgIpc) is 2.74. The van der Waals surface area contributed by atoms with Gasteiger partial charge < -0.3 is 10.6 Å². The number of nitrogens with one attached hydrogen (secondary N) is 2. The van der Waals surface area contributed by atoms with Crippen LogP contribution in [0.1, 0.15) is 55.3 Å². The summed E-state index contributed by atoms with van der Waals surface area (Å²) in [5.41, 5.74) is 3.36. The molecule has 0 radical (unpaired) electrons. The molecule has 0 saturated carbocycles. The monoisotopic (exact) mass is 393 g/mol. The normalized spacial score (nSPS) is 15.5. The number of carbonyl (C=O) groups excluding carboxylic acids is 2. The molecule has 1 saturated heterocycles. The summed E-state index contributed by atoms with van der Waals surface area (Å²) >= 11 is 0. The third kappa shape index (κ3) is 6.71. The van der Waals surface area contributed by atoms with Crippen molar-refractivity contribution in [2.45, 2.75) is 51.7 Å². The number of benzene rings is 2. The quantitative estimate of drug-likeness (QED) is 0.721. The Labute approximate surface area is 173 Å². The van der Waals surface area contributed by atoms with Gasteiger partial charge in [0.2, 0.25) is 11.8 Å². The van der Waals surface area contributed by atoms with Crippen molar-refractivity contribution in [1.82, 2.24) is 15.5 Å². The summed E-state index contributed by atoms with van der Waals surface area (Å²) in [7, 11) is 0. The summed E-state index contributed by atoms with van der Waals surface area (Å²) < 4.78 is 0. The van der Waals surface area contributed by atoms with Crippen molar-refractivity contribution in [2.75, 3.05) is 13.1 Å². The van der Waals surface area contributed by atoms with Gasteiger partial charge in [0.25, 0.3) is 0 Å². The zero-order valence-corrected chi connectivity index (χ0v) is 17.2. The van der Waals surface area contributed by atoms with Crippen LogP contribution in [0.5, 0.6) is 0 Å². The van der Waals surface area contributed by atoms with Gasteiger partial charge in [-0.3, -0.25) is 14.5 Å². The SMILES string of the molecule is CC(=O)N[C@H](CC(=O)NCc1ccccc1CN1CCCCC1)c1ccccc1. The highest BCUT2D eigenvalue weighted by Gasteiger charge is 2.17. The third-order valence-electron chi connectivity index (χ3n) is 5.41. The van der Waals surface area contributed by atoms with Crippen LogP contribution in [0.3, 0.4) is 0 Å². The van der Waals surface area contributed by atoms with Crippen molar-refractivity contribution in [2.24, 2.45) is 0 Å². The van der Waals surface area contributed by atoms with E-state index in [-0.39, 0.29) is 24.3 Å². The maximum atomic E-state index is 12.6. The summed E-state index contributed by atoms with van der Waals surface area (Å²) in [6.45, 7) is 5.21. The molecule has 2 N–H and O–H groups in total. The van der Waals surface area contributed by atoms with Crippen molar-refractivity contribution in [3.8, 4) is 0 Å². The second-order valence-corrected chi connectivity index (χ2v) is 7.75. The molecule has 0 unspecified atom stereocenters. The molecule has 1 aliphatic rings. The number of hydrogen-bond donors (Lipinski definition) is 2. The van der Waals surface area contributed by atoms with Gasteiger partial charge in [-0.25, -0.2) is 0 Å². The number of amides is 2. The van der Waals surface area contributed by atoms with Crippen LogP contribution in [-0.4, -0.2) is 29.8 Å². The van der Waals surface area contributed by atoms with Crippen molar-refractivity contribution in [3.05, 3.63) is 71.3 Å². The first kappa shape index (κ1) is 21.1. The Hall–Kier alpha value is -2.66. The Bertz CT molecular complexity index is 801. The molecule has 1 atom stereocenters. The Morgan fingerprint density at radius 3 is 2.28 bits per heavy atom. The van der Waals surface area contributed by atoms with E-state index in [4.69, 9.17) is 0 Å². The average molecular weight is 394 g/mol. The summed E-state index contributed by atoms with van der Waals surface area (Å²) in [5, 5.41) is 5.93. The van der Waals surface area contributed by atoms with E-state index in [1.807, 2.05) is 36.4 Å². The summed E-state index contributed by atoms with van der Waals surface area (Å²) in [5.74, 6) is -0.209. The zero-order chi connectivity index (χ0) is 20.5. The van der Waals surface area contributed by atoms with Gasteiger partial charge in [0, 0.05) is 20.0 Å². The van der Waals surface area contributed by atoms with Crippen LogP contribution >= 0.6 is 0 Å². The minimum atomic E-state index is -0.322. The maximum absolute atomic E-state index is 12.6. The van der Waals surface area contributed by atoms with Crippen molar-refractivity contribution in [3.63, 3.8) is 0 Å². The van der Waals surface area contributed by atoms with Gasteiger partial charge in [0.15, 0.2) is 0 Å². The van der Waals surface area contributed by atoms with Gasteiger partial charge in [-0.2, -0.15) is 0 Å². The molecule has 0 bridgehead atoms. The lowest BCUT2D eigenvalue weighted by Crippen LogP contribution is -2.33. The van der Waals surface area contributed by atoms with E-state index in [2.05, 4.69) is 33.7 Å². The lowest BCUT2D eigenvalue weighted by Gasteiger charge is -2.27. The molecule has 3 rings (SSSR count). The van der Waals surface area contributed by atoms with E-state index in [0.717, 1.165) is 30.8 Å². The Morgan fingerprint density at radius 1 is 0.931 bits per heavy atom. The fraction of sp³-hybridized carbons (Fsp3) is 0.417. The van der Waals surface area contributed by atoms with Gasteiger partial charge in [-0.1, -0.05) is 61.0 Å². The second kappa shape index (κ2) is 10.8. The molecule has 5 heteroatoms. The highest BCUT2D eigenvalue weighted by Crippen LogP contribution is 2.18. The molecule has 1 heterocycles. The second-order valence-electron chi connectivity index (χ2n) is 7.75. The first-order valence-corrected chi connectivity index (χ1v) is 10.5. The highest BCUT2D eigenvalue weighted by atomic mass is 16.2. The fourth-order valence-electron chi connectivity index (χ4n) is 3.88. The van der Waals surface area contributed by atoms with Crippen LogP contribution in [0.2, 0.25) is 0 Å².